The van der Waals surface area contributed by atoms with Crippen molar-refractivity contribution in [2.45, 2.75) is 0 Å². The van der Waals surface area contributed by atoms with Gasteiger partial charge in [0.05, 0.1) is 11.9 Å². The number of hydrogen-bond acceptors (Lipinski definition) is 2. The maximum atomic E-state index is 11.1. The van der Waals surface area contributed by atoms with Crippen LogP contribution >= 0.6 is 15.9 Å². The second kappa shape index (κ2) is 3.86. The summed E-state index contributed by atoms with van der Waals surface area (Å²) in [5.41, 5.74) is 6.39. The highest BCUT2D eigenvalue weighted by Crippen LogP contribution is 2.14. The SMILES string of the molecule is NC(=O)c1ccnn1-c1ccc(Br)cc1. The lowest BCUT2D eigenvalue weighted by Gasteiger charge is -2.04. The van der Waals surface area contributed by atoms with Gasteiger partial charge < -0.3 is 5.73 Å². The van der Waals surface area contributed by atoms with Crippen LogP contribution in [0, 0.1) is 0 Å². The third-order valence-corrected chi connectivity index (χ3v) is 2.50. The van der Waals surface area contributed by atoms with Gasteiger partial charge in [-0.1, -0.05) is 15.9 Å². The molecule has 1 heterocycles. The number of carbonyl (C=O) groups is 1. The van der Waals surface area contributed by atoms with E-state index in [9.17, 15) is 4.79 Å². The minimum atomic E-state index is -0.490. The molecule has 4 nitrogen and oxygen atoms in total. The number of aromatic nitrogens is 2. The Hall–Kier alpha value is -1.62. The van der Waals surface area contributed by atoms with Gasteiger partial charge in [0.2, 0.25) is 0 Å². The number of halogens is 1. The van der Waals surface area contributed by atoms with Crippen LogP contribution < -0.4 is 5.73 Å². The van der Waals surface area contributed by atoms with Gasteiger partial charge in [-0.25, -0.2) is 4.68 Å². The van der Waals surface area contributed by atoms with Crippen LogP contribution in [-0.4, -0.2) is 15.7 Å². The van der Waals surface area contributed by atoms with Gasteiger partial charge in [-0.15, -0.1) is 0 Å². The molecule has 2 N–H and O–H groups in total. The lowest BCUT2D eigenvalue weighted by molar-refractivity contribution is 0.0993. The van der Waals surface area contributed by atoms with Crippen LogP contribution in [0.3, 0.4) is 0 Å². The van der Waals surface area contributed by atoms with E-state index in [0.29, 0.717) is 5.69 Å². The molecule has 1 amide bonds. The van der Waals surface area contributed by atoms with Crippen molar-refractivity contribution >= 4 is 21.8 Å². The first-order valence-electron chi connectivity index (χ1n) is 4.28. The van der Waals surface area contributed by atoms with Gasteiger partial charge in [0.1, 0.15) is 5.69 Å². The summed E-state index contributed by atoms with van der Waals surface area (Å²) in [5, 5.41) is 4.04. The fourth-order valence-electron chi connectivity index (χ4n) is 1.28. The minimum Gasteiger partial charge on any atom is -0.364 e. The summed E-state index contributed by atoms with van der Waals surface area (Å²) in [6.45, 7) is 0. The molecule has 76 valence electrons. The van der Waals surface area contributed by atoms with Crippen molar-refractivity contribution in [1.29, 1.82) is 0 Å². The van der Waals surface area contributed by atoms with Crippen molar-refractivity contribution in [3.8, 4) is 5.69 Å². The Labute approximate surface area is 94.8 Å². The van der Waals surface area contributed by atoms with Crippen LogP contribution in [0.1, 0.15) is 10.5 Å². The highest BCUT2D eigenvalue weighted by atomic mass is 79.9. The first-order chi connectivity index (χ1) is 7.18. The Morgan fingerprint density at radius 1 is 1.27 bits per heavy atom. The van der Waals surface area contributed by atoms with E-state index in [-0.39, 0.29) is 0 Å². The first kappa shape index (κ1) is 9.92. The van der Waals surface area contributed by atoms with Gasteiger partial charge in [-0.3, -0.25) is 4.79 Å². The first-order valence-corrected chi connectivity index (χ1v) is 5.07. The van der Waals surface area contributed by atoms with Gasteiger partial charge in [-0.05, 0) is 30.3 Å². The van der Waals surface area contributed by atoms with Crippen molar-refractivity contribution in [3.63, 3.8) is 0 Å². The van der Waals surface area contributed by atoms with Gasteiger partial charge in [-0.2, -0.15) is 5.10 Å². The molecule has 0 bridgehead atoms. The molecule has 1 aromatic heterocycles. The van der Waals surface area contributed by atoms with Crippen molar-refractivity contribution in [2.24, 2.45) is 5.73 Å². The third kappa shape index (κ3) is 1.92. The number of amides is 1. The fourth-order valence-corrected chi connectivity index (χ4v) is 1.54. The van der Waals surface area contributed by atoms with Crippen molar-refractivity contribution in [2.75, 3.05) is 0 Å². The largest absolute Gasteiger partial charge is 0.364 e. The molecule has 0 spiro atoms. The highest BCUT2D eigenvalue weighted by Gasteiger charge is 2.09. The Morgan fingerprint density at radius 3 is 2.53 bits per heavy atom. The van der Waals surface area contributed by atoms with E-state index in [1.807, 2.05) is 24.3 Å². The van der Waals surface area contributed by atoms with E-state index in [1.54, 1.807) is 12.3 Å². The predicted molar refractivity (Wildman–Crippen MR) is 59.8 cm³/mol. The second-order valence-electron chi connectivity index (χ2n) is 2.97. The van der Waals surface area contributed by atoms with E-state index in [0.717, 1.165) is 10.2 Å². The summed E-state index contributed by atoms with van der Waals surface area (Å²) >= 11 is 3.33. The minimum absolute atomic E-state index is 0.373. The molecule has 0 unspecified atom stereocenters. The summed E-state index contributed by atoms with van der Waals surface area (Å²) in [6, 6.07) is 9.04. The molecule has 0 saturated carbocycles. The second-order valence-corrected chi connectivity index (χ2v) is 3.88. The molecule has 0 saturated heterocycles. The van der Waals surface area contributed by atoms with Crippen LogP contribution in [-0.2, 0) is 0 Å². The average Bonchev–Trinajstić information content (AvgIpc) is 2.67. The van der Waals surface area contributed by atoms with Crippen molar-refractivity contribution in [1.82, 2.24) is 9.78 Å². The van der Waals surface area contributed by atoms with E-state index >= 15 is 0 Å². The number of primary amides is 1. The monoisotopic (exact) mass is 265 g/mol. The number of carbonyl (C=O) groups excluding carboxylic acids is 1. The van der Waals surface area contributed by atoms with E-state index in [1.165, 1.54) is 4.68 Å². The Morgan fingerprint density at radius 2 is 1.93 bits per heavy atom. The summed E-state index contributed by atoms with van der Waals surface area (Å²) in [6.07, 6.45) is 1.54. The number of benzene rings is 1. The van der Waals surface area contributed by atoms with Gasteiger partial charge >= 0.3 is 0 Å². The quantitative estimate of drug-likeness (QED) is 0.899. The predicted octanol–water partition coefficient (Wildman–Crippen LogP) is 1.73. The topological polar surface area (TPSA) is 60.9 Å². The van der Waals surface area contributed by atoms with Gasteiger partial charge in [0.25, 0.3) is 5.91 Å². The maximum Gasteiger partial charge on any atom is 0.267 e. The molecule has 1 aromatic carbocycles. The zero-order chi connectivity index (χ0) is 10.8. The van der Waals surface area contributed by atoms with Crippen molar-refractivity contribution in [3.05, 3.63) is 46.7 Å². The summed E-state index contributed by atoms with van der Waals surface area (Å²) in [7, 11) is 0. The van der Waals surface area contributed by atoms with Crippen LogP contribution in [0.15, 0.2) is 41.0 Å². The molecule has 0 fully saturated rings. The van der Waals surface area contributed by atoms with E-state index < -0.39 is 5.91 Å². The van der Waals surface area contributed by atoms with Crippen molar-refractivity contribution < 1.29 is 4.79 Å². The van der Waals surface area contributed by atoms with Crippen LogP contribution in [0.25, 0.3) is 5.69 Å². The Bertz CT molecular complexity index is 490. The maximum absolute atomic E-state index is 11.1. The molecule has 0 radical (unpaired) electrons. The molecule has 15 heavy (non-hydrogen) atoms. The molecule has 2 rings (SSSR count). The zero-order valence-corrected chi connectivity index (χ0v) is 9.31. The van der Waals surface area contributed by atoms with Gasteiger partial charge in [0, 0.05) is 4.47 Å². The molecular formula is C10H8BrN3O. The average molecular weight is 266 g/mol. The normalized spacial score (nSPS) is 10.2. The smallest absolute Gasteiger partial charge is 0.267 e. The lowest BCUT2D eigenvalue weighted by Crippen LogP contribution is -2.16. The molecule has 0 aliphatic carbocycles. The van der Waals surface area contributed by atoms with E-state index in [4.69, 9.17) is 5.73 Å². The molecule has 2 aromatic rings. The lowest BCUT2D eigenvalue weighted by atomic mass is 10.3. The summed E-state index contributed by atoms with van der Waals surface area (Å²) in [4.78, 5) is 11.1. The summed E-state index contributed by atoms with van der Waals surface area (Å²) in [5.74, 6) is -0.490. The molecule has 0 atom stereocenters. The molecule has 0 aliphatic heterocycles. The Kier molecular flexibility index (Phi) is 2.55. The molecule has 5 heteroatoms. The van der Waals surface area contributed by atoms with Crippen LogP contribution in [0.5, 0.6) is 0 Å². The third-order valence-electron chi connectivity index (χ3n) is 1.97. The number of nitrogens with zero attached hydrogens (tertiary/aromatic N) is 2. The zero-order valence-electron chi connectivity index (χ0n) is 7.72. The number of rotatable bonds is 2. The molecule has 0 aliphatic rings. The van der Waals surface area contributed by atoms with Crippen LogP contribution in [0.4, 0.5) is 0 Å². The van der Waals surface area contributed by atoms with Crippen LogP contribution in [0.2, 0.25) is 0 Å². The van der Waals surface area contributed by atoms with E-state index in [2.05, 4.69) is 21.0 Å². The fraction of sp³-hybridized carbons (Fsp3) is 0. The number of hydrogen-bond donors (Lipinski definition) is 1. The van der Waals surface area contributed by atoms with Gasteiger partial charge in [0.15, 0.2) is 0 Å². The summed E-state index contributed by atoms with van der Waals surface area (Å²) < 4.78 is 2.48. The number of nitrogens with two attached hydrogens (primary N) is 1. The standard InChI is InChI=1S/C10H8BrN3O/c11-7-1-3-8(4-2-7)14-9(10(12)15)5-6-13-14/h1-6H,(H2,12,15). The highest BCUT2D eigenvalue weighted by molar-refractivity contribution is 9.10. The Balaban J connectivity index is 2.49. The molecular weight excluding hydrogens is 258 g/mol.